The zero-order chi connectivity index (χ0) is 31.5. The maximum atomic E-state index is 8.15. The summed E-state index contributed by atoms with van der Waals surface area (Å²) in [7, 11) is 0. The summed E-state index contributed by atoms with van der Waals surface area (Å²) in [4.78, 5) is 7.18. The van der Waals surface area contributed by atoms with Gasteiger partial charge >= 0.3 is 201 Å². The molecule has 3 heterocycles. The second kappa shape index (κ2) is 10.7. The predicted molar refractivity (Wildman–Crippen MR) is 164 cm³/mol. The fourth-order valence-corrected chi connectivity index (χ4v) is 7.37. The first-order chi connectivity index (χ1) is 21.5. The molecule has 2 aromatic heterocycles. The van der Waals surface area contributed by atoms with Crippen LogP contribution in [0.3, 0.4) is 0 Å². The van der Waals surface area contributed by atoms with Crippen molar-refractivity contribution in [2.24, 2.45) is 12.9 Å². The molecule has 0 saturated heterocycles. The van der Waals surface area contributed by atoms with Crippen LogP contribution in [0.4, 0.5) is 11.5 Å². The van der Waals surface area contributed by atoms with E-state index in [-0.39, 0.29) is 5.41 Å². The Labute approximate surface area is 263 Å². The van der Waals surface area contributed by atoms with E-state index in [2.05, 4.69) is 75.4 Å². The van der Waals surface area contributed by atoms with E-state index in [1.165, 1.54) is 41.4 Å². The van der Waals surface area contributed by atoms with Gasteiger partial charge in [0.1, 0.15) is 0 Å². The van der Waals surface area contributed by atoms with E-state index in [1.54, 1.807) is 0 Å². The molecule has 1 saturated carbocycles. The van der Waals surface area contributed by atoms with Crippen LogP contribution in [-0.4, -0.2) is 20.7 Å². The Morgan fingerprint density at radius 3 is 2.60 bits per heavy atom. The second-order valence-electron chi connectivity index (χ2n) is 12.4. The summed E-state index contributed by atoms with van der Waals surface area (Å²) >= 11 is 2.08. The average molecular weight is 739 g/mol. The molecular formula is C36H36N4OPt-2. The number of para-hydroxylation sites is 2. The molecule has 6 heteroatoms. The van der Waals surface area contributed by atoms with Crippen molar-refractivity contribution in [1.29, 1.82) is 0 Å². The number of hydrogen-bond donors (Lipinski definition) is 0. The van der Waals surface area contributed by atoms with Gasteiger partial charge in [0.05, 0.1) is 0 Å². The van der Waals surface area contributed by atoms with Crippen molar-refractivity contribution >= 4 is 22.5 Å². The third-order valence-corrected chi connectivity index (χ3v) is 9.75. The summed E-state index contributed by atoms with van der Waals surface area (Å²) in [6.45, 7) is 5.30. The molecule has 0 N–H and O–H groups in total. The number of benzene rings is 3. The molecule has 218 valence electrons. The maximum absolute atomic E-state index is 8.15. The molecule has 2 aliphatic rings. The number of hydrogen-bond acceptors (Lipinski definition) is 3. The van der Waals surface area contributed by atoms with Crippen molar-refractivity contribution in [1.82, 2.24) is 14.1 Å². The number of pyridine rings is 1. The summed E-state index contributed by atoms with van der Waals surface area (Å²) in [5, 5.41) is 0. The van der Waals surface area contributed by atoms with Gasteiger partial charge in [-0.05, 0) is 23.5 Å². The number of aryl methyl sites for hydroxylation is 1. The van der Waals surface area contributed by atoms with Crippen LogP contribution in [0.5, 0.6) is 11.5 Å². The van der Waals surface area contributed by atoms with Crippen LogP contribution in [0.25, 0.3) is 16.7 Å². The first kappa shape index (κ1) is 24.1. The number of ether oxygens (including phenoxy) is 1. The van der Waals surface area contributed by atoms with Gasteiger partial charge in [-0.1, -0.05) is 33.6 Å². The Hall–Kier alpha value is -3.43. The van der Waals surface area contributed by atoms with E-state index in [0.29, 0.717) is 38.3 Å². The quantitative estimate of drug-likeness (QED) is 0.174. The number of aromatic nitrogens is 3. The first-order valence-electron chi connectivity index (χ1n) is 16.2. The van der Waals surface area contributed by atoms with Crippen LogP contribution in [0.1, 0.15) is 67.6 Å². The van der Waals surface area contributed by atoms with E-state index in [1.807, 2.05) is 59.3 Å². The molecule has 2 atom stereocenters. The number of fused-ring (bicyclic) bond motifs is 4. The van der Waals surface area contributed by atoms with Crippen molar-refractivity contribution in [3.8, 4) is 17.2 Å². The van der Waals surface area contributed by atoms with Crippen LogP contribution >= 0.6 is 0 Å². The van der Waals surface area contributed by atoms with Crippen LogP contribution in [0.15, 0.2) is 72.9 Å². The fourth-order valence-electron chi connectivity index (χ4n) is 6.55. The average Bonchev–Trinajstić information content (AvgIpc) is 3.32. The molecule has 7 rings (SSSR count). The summed E-state index contributed by atoms with van der Waals surface area (Å²) in [6.07, 6.45) is 6.89. The van der Waals surface area contributed by atoms with E-state index < -0.39 is 6.98 Å². The fraction of sp³-hybridized carbons (Fsp3) is 0.333. The van der Waals surface area contributed by atoms with Gasteiger partial charge in [0.25, 0.3) is 0 Å². The Kier molecular flexibility index (Phi) is 6.12. The second-order valence-corrected chi connectivity index (χ2v) is 13.5. The zero-order valence-corrected chi connectivity index (χ0v) is 26.4. The number of nitrogens with zero attached hydrogens (tertiary/aromatic N) is 4. The number of imidazole rings is 1. The minimum atomic E-state index is -2.32. The summed E-state index contributed by atoms with van der Waals surface area (Å²) < 4.78 is 34.7. The van der Waals surface area contributed by atoms with E-state index >= 15 is 0 Å². The molecule has 3 aromatic carbocycles. The van der Waals surface area contributed by atoms with Crippen molar-refractivity contribution in [3.05, 3.63) is 100.0 Å². The normalized spacial score (nSPS) is 19.9. The molecule has 0 radical (unpaired) electrons. The third-order valence-electron chi connectivity index (χ3n) is 8.73. The Morgan fingerprint density at radius 1 is 0.952 bits per heavy atom. The molecular weight excluding hydrogens is 700 g/mol. The molecule has 0 spiro atoms. The number of anilines is 2. The molecule has 0 bridgehead atoms. The monoisotopic (exact) mass is 738 g/mol. The summed E-state index contributed by atoms with van der Waals surface area (Å²) in [5.41, 5.74) is 5.75. The van der Waals surface area contributed by atoms with Gasteiger partial charge in [0.15, 0.2) is 0 Å². The van der Waals surface area contributed by atoms with Gasteiger partial charge in [0.2, 0.25) is 0 Å². The Morgan fingerprint density at radius 2 is 1.76 bits per heavy atom. The molecule has 1 aliphatic heterocycles. The Balaban J connectivity index is 1.27. The van der Waals surface area contributed by atoms with Gasteiger partial charge in [-0.2, -0.15) is 0 Å². The topological polar surface area (TPSA) is 35.2 Å². The van der Waals surface area contributed by atoms with Crippen molar-refractivity contribution in [2.75, 3.05) is 11.4 Å². The third kappa shape index (κ3) is 4.86. The van der Waals surface area contributed by atoms with E-state index in [4.69, 9.17) is 13.8 Å². The molecule has 2 unspecified atom stereocenters. The zero-order valence-electron chi connectivity index (χ0n) is 27.1. The summed E-state index contributed by atoms with van der Waals surface area (Å²) in [6, 6.07) is 28.8. The number of rotatable bonds is 4. The van der Waals surface area contributed by atoms with Gasteiger partial charge in [-0.25, -0.2) is 0 Å². The van der Waals surface area contributed by atoms with Gasteiger partial charge < -0.3 is 0 Å². The van der Waals surface area contributed by atoms with Crippen molar-refractivity contribution in [2.45, 2.75) is 57.8 Å². The van der Waals surface area contributed by atoms with Crippen molar-refractivity contribution in [3.63, 3.8) is 0 Å². The van der Waals surface area contributed by atoms with E-state index in [9.17, 15) is 0 Å². The molecule has 5 aromatic rings. The standard InChI is InChI=1S/C36H36N4O.Pt/c1-36(2,3)26-18-19-37-35(20-26)39-23-25-10-5-6-13-30(25)31-17-16-29(22-34(31)39)41-28-12-9-11-27(21-28)40-24-38(4)32-14-7-8-15-33(32)40;/h7-9,11-12,14-20,25,30H,5-6,10,13,23H2,1-4H3;/q-2;/i4D3;. The molecule has 5 nitrogen and oxygen atoms in total. The predicted octanol–water partition coefficient (Wildman–Crippen LogP) is 8.56. The summed E-state index contributed by atoms with van der Waals surface area (Å²) in [5.74, 6) is 3.20. The van der Waals surface area contributed by atoms with Gasteiger partial charge in [-0.3, -0.25) is 0 Å². The Bertz CT molecular complexity index is 1950. The van der Waals surface area contributed by atoms with Crippen LogP contribution in [0.2, 0.25) is 0 Å². The minimum absolute atomic E-state index is 0.0187. The van der Waals surface area contributed by atoms with E-state index in [0.717, 1.165) is 23.6 Å². The first-order valence-corrected chi connectivity index (χ1v) is 15.8. The van der Waals surface area contributed by atoms with Crippen LogP contribution < -0.4 is 9.64 Å². The van der Waals surface area contributed by atoms with Gasteiger partial charge in [0, 0.05) is 6.20 Å². The molecule has 42 heavy (non-hydrogen) atoms. The van der Waals surface area contributed by atoms with Crippen molar-refractivity contribution < 1.29 is 28.2 Å². The molecule has 1 aliphatic carbocycles. The van der Waals surface area contributed by atoms with Crippen LogP contribution in [-0.2, 0) is 31.7 Å². The molecule has 0 amide bonds. The molecule has 1 fully saturated rings. The SMILES string of the molecule is [2H]C([2H])([2H])n1[c](=[Pt])n(-c2[c-]c(Oc3[c-]c4c(cc3)C3CCCCC3CN4c3cc(C(C)(C)C)ccn3)ccc2)c2ccccc21. The van der Waals surface area contributed by atoms with Crippen LogP contribution in [0, 0.1) is 21.9 Å². The van der Waals surface area contributed by atoms with Gasteiger partial charge in [-0.15, -0.1) is 0 Å².